The number of allylic oxidation sites excluding steroid dienone is 1. The SMILES string of the molecule is COCO[C@H]1C=CC(Cl)[C@@H]2[C@H]1[C@H]1CC[C@@H]2C(=O)C1. The molecule has 6 atom stereocenters. The fourth-order valence-corrected chi connectivity index (χ4v) is 4.52. The minimum atomic E-state index is -0.0190. The zero-order chi connectivity index (χ0) is 12.7. The highest BCUT2D eigenvalue weighted by Gasteiger charge is 2.53. The van der Waals surface area contributed by atoms with Crippen molar-refractivity contribution in [1.82, 2.24) is 0 Å². The highest BCUT2D eigenvalue weighted by atomic mass is 35.5. The van der Waals surface area contributed by atoms with E-state index in [2.05, 4.69) is 6.08 Å². The van der Waals surface area contributed by atoms with Gasteiger partial charge in [0.05, 0.1) is 11.5 Å². The van der Waals surface area contributed by atoms with Crippen molar-refractivity contribution in [3.63, 3.8) is 0 Å². The molecule has 0 spiro atoms. The van der Waals surface area contributed by atoms with Gasteiger partial charge in [0.15, 0.2) is 0 Å². The van der Waals surface area contributed by atoms with Gasteiger partial charge in [-0.15, -0.1) is 11.6 Å². The Balaban J connectivity index is 1.85. The molecule has 4 heteroatoms. The quantitative estimate of drug-likeness (QED) is 0.449. The van der Waals surface area contributed by atoms with Gasteiger partial charge in [0.1, 0.15) is 12.6 Å². The number of methoxy groups -OCH3 is 1. The van der Waals surface area contributed by atoms with Gasteiger partial charge in [-0.25, -0.2) is 0 Å². The van der Waals surface area contributed by atoms with Crippen LogP contribution in [-0.2, 0) is 14.3 Å². The first kappa shape index (κ1) is 12.6. The van der Waals surface area contributed by atoms with Gasteiger partial charge in [-0.2, -0.15) is 0 Å². The van der Waals surface area contributed by atoms with Gasteiger partial charge in [0.25, 0.3) is 0 Å². The summed E-state index contributed by atoms with van der Waals surface area (Å²) in [5.74, 6) is 1.67. The summed E-state index contributed by atoms with van der Waals surface area (Å²) >= 11 is 6.42. The minimum Gasteiger partial charge on any atom is -0.359 e. The fourth-order valence-electron chi connectivity index (χ4n) is 4.09. The highest BCUT2D eigenvalue weighted by molar-refractivity contribution is 6.22. The Bertz CT molecular complexity index is 368. The standard InChI is InChI=1S/C14H19ClO3/c1-17-7-18-12-5-4-10(15)14-9-3-2-8(13(12)14)6-11(9)16/h4-5,8-10,12-14H,2-3,6-7H2,1H3/t8-,9+,10?,12-,13-,14+/m0/s1. The second-order valence-electron chi connectivity index (χ2n) is 5.64. The second-order valence-corrected chi connectivity index (χ2v) is 6.14. The van der Waals surface area contributed by atoms with Crippen LogP contribution in [0.2, 0.25) is 0 Å². The van der Waals surface area contributed by atoms with Crippen LogP contribution in [-0.4, -0.2) is 31.2 Å². The maximum atomic E-state index is 12.0. The molecule has 0 amide bonds. The molecule has 0 saturated heterocycles. The molecule has 1 unspecified atom stereocenters. The second kappa shape index (κ2) is 4.95. The third-order valence-corrected chi connectivity index (χ3v) is 5.23. The number of halogens is 1. The molecule has 0 radical (unpaired) electrons. The van der Waals surface area contributed by atoms with Crippen molar-refractivity contribution < 1.29 is 14.3 Å². The number of rotatable bonds is 3. The lowest BCUT2D eigenvalue weighted by Gasteiger charge is -2.52. The Morgan fingerprint density at radius 2 is 2.17 bits per heavy atom. The Kier molecular flexibility index (Phi) is 3.48. The number of alkyl halides is 1. The molecule has 0 aromatic carbocycles. The molecular weight excluding hydrogens is 252 g/mol. The Morgan fingerprint density at radius 1 is 1.33 bits per heavy atom. The molecule has 3 nitrogen and oxygen atoms in total. The zero-order valence-corrected chi connectivity index (χ0v) is 11.3. The number of Topliss-reactive ketones (excluding diaryl/α,β-unsaturated/α-hetero) is 1. The Hall–Kier alpha value is -0.380. The first-order chi connectivity index (χ1) is 8.72. The van der Waals surface area contributed by atoms with E-state index < -0.39 is 0 Å². The molecule has 18 heavy (non-hydrogen) atoms. The van der Waals surface area contributed by atoms with E-state index in [9.17, 15) is 4.79 Å². The first-order valence-electron chi connectivity index (χ1n) is 6.68. The summed E-state index contributed by atoms with van der Waals surface area (Å²) < 4.78 is 10.8. The average Bonchev–Trinajstić information content (AvgIpc) is 2.38. The molecule has 4 aliphatic rings. The van der Waals surface area contributed by atoms with E-state index in [0.29, 0.717) is 24.4 Å². The van der Waals surface area contributed by atoms with Crippen LogP contribution in [0.25, 0.3) is 0 Å². The van der Waals surface area contributed by atoms with E-state index in [-0.39, 0.29) is 23.3 Å². The predicted molar refractivity (Wildman–Crippen MR) is 68.3 cm³/mol. The average molecular weight is 271 g/mol. The van der Waals surface area contributed by atoms with Crippen LogP contribution in [0.3, 0.4) is 0 Å². The monoisotopic (exact) mass is 270 g/mol. The molecule has 3 fully saturated rings. The smallest absolute Gasteiger partial charge is 0.147 e. The third-order valence-electron chi connectivity index (χ3n) is 4.79. The lowest BCUT2D eigenvalue weighted by Crippen LogP contribution is -2.54. The van der Waals surface area contributed by atoms with Crippen molar-refractivity contribution in [2.24, 2.45) is 23.7 Å². The van der Waals surface area contributed by atoms with E-state index in [1.165, 1.54) is 0 Å². The largest absolute Gasteiger partial charge is 0.359 e. The Morgan fingerprint density at radius 3 is 2.89 bits per heavy atom. The lowest BCUT2D eigenvalue weighted by molar-refractivity contribution is -0.149. The molecule has 4 rings (SSSR count). The van der Waals surface area contributed by atoms with Crippen molar-refractivity contribution in [2.45, 2.75) is 30.7 Å². The van der Waals surface area contributed by atoms with Gasteiger partial charge in [0, 0.05) is 19.4 Å². The normalized spacial score (nSPS) is 46.2. The van der Waals surface area contributed by atoms with Crippen LogP contribution in [0.4, 0.5) is 0 Å². The summed E-state index contributed by atoms with van der Waals surface area (Å²) in [5, 5.41) is -0.0190. The van der Waals surface area contributed by atoms with E-state index in [1.807, 2.05) is 6.08 Å². The summed E-state index contributed by atoms with van der Waals surface area (Å²) in [7, 11) is 1.63. The number of ketones is 1. The Labute approximate surface area is 112 Å². The zero-order valence-electron chi connectivity index (χ0n) is 10.5. The van der Waals surface area contributed by atoms with Crippen LogP contribution in [0.5, 0.6) is 0 Å². The van der Waals surface area contributed by atoms with Crippen molar-refractivity contribution >= 4 is 17.4 Å². The number of carbonyl (C=O) groups excluding carboxylic acids is 1. The maximum absolute atomic E-state index is 12.0. The molecule has 3 saturated carbocycles. The number of hydrogen-bond donors (Lipinski definition) is 0. The minimum absolute atomic E-state index is 0.0190. The summed E-state index contributed by atoms with van der Waals surface area (Å²) in [5.41, 5.74) is 0. The molecular formula is C14H19ClO3. The summed E-state index contributed by atoms with van der Waals surface area (Å²) in [6.45, 7) is 0.302. The number of fused-ring (bicyclic) bond motifs is 2. The summed E-state index contributed by atoms with van der Waals surface area (Å²) in [6.07, 6.45) is 6.99. The van der Waals surface area contributed by atoms with Gasteiger partial charge < -0.3 is 9.47 Å². The fraction of sp³-hybridized carbons (Fsp3) is 0.786. The highest BCUT2D eigenvalue weighted by Crippen LogP contribution is 2.53. The predicted octanol–water partition coefficient (Wildman–Crippen LogP) is 2.38. The van der Waals surface area contributed by atoms with Crippen molar-refractivity contribution in [3.05, 3.63) is 12.2 Å². The van der Waals surface area contributed by atoms with Gasteiger partial charge >= 0.3 is 0 Å². The van der Waals surface area contributed by atoms with Crippen molar-refractivity contribution in [2.75, 3.05) is 13.9 Å². The van der Waals surface area contributed by atoms with E-state index in [4.69, 9.17) is 21.1 Å². The maximum Gasteiger partial charge on any atom is 0.147 e. The molecule has 2 bridgehead atoms. The van der Waals surface area contributed by atoms with Gasteiger partial charge in [-0.3, -0.25) is 4.79 Å². The summed E-state index contributed by atoms with van der Waals surface area (Å²) in [4.78, 5) is 12.0. The number of carbonyl (C=O) groups is 1. The van der Waals surface area contributed by atoms with Gasteiger partial charge in [0.2, 0.25) is 0 Å². The van der Waals surface area contributed by atoms with Crippen LogP contribution in [0.15, 0.2) is 12.2 Å². The van der Waals surface area contributed by atoms with E-state index in [0.717, 1.165) is 19.3 Å². The lowest BCUT2D eigenvalue weighted by atomic mass is 9.54. The molecule has 4 aliphatic carbocycles. The molecule has 0 heterocycles. The van der Waals surface area contributed by atoms with Crippen LogP contribution < -0.4 is 0 Å². The molecule has 0 aromatic heterocycles. The van der Waals surface area contributed by atoms with E-state index >= 15 is 0 Å². The van der Waals surface area contributed by atoms with Gasteiger partial charge in [-0.05, 0) is 30.6 Å². The molecule has 100 valence electrons. The van der Waals surface area contributed by atoms with Crippen LogP contribution in [0.1, 0.15) is 19.3 Å². The molecule has 0 aliphatic heterocycles. The van der Waals surface area contributed by atoms with Crippen molar-refractivity contribution in [1.29, 1.82) is 0 Å². The molecule has 0 N–H and O–H groups in total. The van der Waals surface area contributed by atoms with Crippen LogP contribution in [0, 0.1) is 23.7 Å². The molecule has 0 aromatic rings. The van der Waals surface area contributed by atoms with E-state index in [1.54, 1.807) is 7.11 Å². The summed E-state index contributed by atoms with van der Waals surface area (Å²) in [6, 6.07) is 0. The number of hydrogen-bond acceptors (Lipinski definition) is 3. The third kappa shape index (κ3) is 1.93. The topological polar surface area (TPSA) is 35.5 Å². The van der Waals surface area contributed by atoms with Crippen molar-refractivity contribution in [3.8, 4) is 0 Å². The van der Waals surface area contributed by atoms with Gasteiger partial charge in [-0.1, -0.05) is 12.2 Å². The first-order valence-corrected chi connectivity index (χ1v) is 7.11. The number of ether oxygens (including phenoxy) is 2. The van der Waals surface area contributed by atoms with Crippen LogP contribution >= 0.6 is 11.6 Å².